The summed E-state index contributed by atoms with van der Waals surface area (Å²) in [5.41, 5.74) is 2.86. The Morgan fingerprint density at radius 2 is 1.53 bits per heavy atom. The molecule has 0 unspecified atom stereocenters. The Morgan fingerprint density at radius 1 is 0.875 bits per heavy atom. The molecule has 7 nitrogen and oxygen atoms in total. The number of hydrogen-bond donors (Lipinski definition) is 3. The van der Waals surface area contributed by atoms with Gasteiger partial charge in [0.1, 0.15) is 19.6 Å². The van der Waals surface area contributed by atoms with Crippen LogP contribution in [0.2, 0.25) is 10.0 Å². The van der Waals surface area contributed by atoms with Gasteiger partial charge in [0.05, 0.1) is 36.2 Å². The molecular weight excluding hydrogens is 449 g/mol. The lowest BCUT2D eigenvalue weighted by Gasteiger charge is -2.52. The first-order chi connectivity index (χ1) is 15.5. The van der Waals surface area contributed by atoms with Crippen molar-refractivity contribution in [3.05, 3.63) is 57.6 Å². The van der Waals surface area contributed by atoms with Gasteiger partial charge in [0.25, 0.3) is 0 Å². The first-order valence-electron chi connectivity index (χ1n) is 10.8. The molecule has 0 spiro atoms. The van der Waals surface area contributed by atoms with Crippen LogP contribution in [0.4, 0.5) is 0 Å². The summed E-state index contributed by atoms with van der Waals surface area (Å²) in [7, 11) is 3.25. The molecule has 2 aromatic rings. The van der Waals surface area contributed by atoms with Crippen LogP contribution < -0.4 is 24.2 Å². The Bertz CT molecular complexity index is 1050. The quantitative estimate of drug-likeness (QED) is 0.384. The topological polar surface area (TPSA) is 56.5 Å². The summed E-state index contributed by atoms with van der Waals surface area (Å²) in [6.45, 7) is 6.79. The molecule has 4 fully saturated rings. The van der Waals surface area contributed by atoms with Crippen LogP contribution in [0.25, 0.3) is 0 Å². The third-order valence-electron chi connectivity index (χ3n) is 6.73. The van der Waals surface area contributed by atoms with Gasteiger partial charge in [-0.05, 0) is 35.9 Å². The van der Waals surface area contributed by atoms with Gasteiger partial charge >= 0.3 is 0 Å². The second-order valence-corrected chi connectivity index (χ2v) is 9.84. The van der Waals surface area contributed by atoms with Crippen LogP contribution in [-0.2, 0) is 0 Å². The lowest BCUT2D eigenvalue weighted by Crippen LogP contribution is -3.56. The summed E-state index contributed by atoms with van der Waals surface area (Å²) in [6, 6.07) is 11.5. The summed E-state index contributed by atoms with van der Waals surface area (Å²) < 4.78 is 10.7. The van der Waals surface area contributed by atoms with E-state index < -0.39 is 0 Å². The van der Waals surface area contributed by atoms with Crippen molar-refractivity contribution in [3.8, 4) is 11.5 Å². The van der Waals surface area contributed by atoms with Crippen LogP contribution in [0, 0.1) is 5.41 Å². The highest BCUT2D eigenvalue weighted by Gasteiger charge is 2.60. The Hall–Kier alpha value is -2.16. The molecule has 4 aliphatic rings. The highest BCUT2D eigenvalue weighted by Crippen LogP contribution is 2.29. The highest BCUT2D eigenvalue weighted by molar-refractivity contribution is 6.42. The maximum absolute atomic E-state index is 6.39. The van der Waals surface area contributed by atoms with E-state index in [0.717, 1.165) is 36.5 Å². The van der Waals surface area contributed by atoms with E-state index in [-0.39, 0.29) is 5.41 Å². The molecule has 0 radical (unpaired) electrons. The minimum absolute atomic E-state index is 0.0269. The van der Waals surface area contributed by atoms with Gasteiger partial charge < -0.3 is 9.47 Å². The average molecular weight is 477 g/mol. The molecule has 168 valence electrons. The van der Waals surface area contributed by atoms with Crippen LogP contribution in [0.15, 0.2) is 46.6 Å². The third-order valence-corrected chi connectivity index (χ3v) is 7.47. The molecule has 4 aliphatic heterocycles. The van der Waals surface area contributed by atoms with Crippen LogP contribution in [-0.4, -0.2) is 65.8 Å². The number of rotatable bonds is 6. The summed E-state index contributed by atoms with van der Waals surface area (Å²) in [4.78, 5) is 4.90. The average Bonchev–Trinajstić information content (AvgIpc) is 2.77. The van der Waals surface area contributed by atoms with E-state index in [9.17, 15) is 0 Å². The predicted octanol–water partition coefficient (Wildman–Crippen LogP) is -0.612. The van der Waals surface area contributed by atoms with E-state index in [1.165, 1.54) is 20.0 Å². The van der Waals surface area contributed by atoms with Crippen molar-refractivity contribution in [1.82, 2.24) is 0 Å². The SMILES string of the molecule is COc1ccc(C=NN=C(c2ccc(Cl)c(Cl)c2)C23C[NH+]4C[NH+](C[NH+](C4)C2)C3)cc1OC. The zero-order valence-corrected chi connectivity index (χ0v) is 19.8. The molecule has 4 bridgehead atoms. The molecular formula is C23H28Cl2N5O2+3. The van der Waals surface area contributed by atoms with E-state index in [4.69, 9.17) is 37.8 Å². The first kappa shape index (κ1) is 21.7. The Morgan fingerprint density at radius 3 is 2.12 bits per heavy atom. The van der Waals surface area contributed by atoms with Crippen molar-refractivity contribution in [2.75, 3.05) is 53.9 Å². The number of benzene rings is 2. The Kier molecular flexibility index (Phi) is 5.86. The fraction of sp³-hybridized carbons (Fsp3) is 0.391. The minimum Gasteiger partial charge on any atom is -0.493 e. The Labute approximate surface area is 197 Å². The molecule has 4 saturated heterocycles. The van der Waals surface area contributed by atoms with Gasteiger partial charge in [-0.1, -0.05) is 29.3 Å². The zero-order valence-electron chi connectivity index (χ0n) is 18.3. The van der Waals surface area contributed by atoms with Crippen LogP contribution in [0.1, 0.15) is 11.1 Å². The van der Waals surface area contributed by atoms with Crippen molar-refractivity contribution in [2.24, 2.45) is 15.6 Å². The zero-order chi connectivity index (χ0) is 22.3. The van der Waals surface area contributed by atoms with E-state index >= 15 is 0 Å². The number of quaternary nitrogens is 3. The van der Waals surface area contributed by atoms with Crippen molar-refractivity contribution in [1.29, 1.82) is 0 Å². The standard InChI is InChI=1S/C23H25Cl2N5O2/c1-31-20-6-3-16(7-21(20)32-2)9-26-27-22(17-4-5-18(24)19(25)8-17)23-10-28-13-29(11-23)15-30(12-23)14-28/h3-9H,10-15H2,1-2H3/p+3. The summed E-state index contributed by atoms with van der Waals surface area (Å²) >= 11 is 12.6. The summed E-state index contributed by atoms with van der Waals surface area (Å²) in [5, 5.41) is 10.4. The van der Waals surface area contributed by atoms with Crippen LogP contribution >= 0.6 is 23.2 Å². The Balaban J connectivity index is 1.52. The number of hydrogen-bond acceptors (Lipinski definition) is 4. The van der Waals surface area contributed by atoms with Crippen molar-refractivity contribution in [3.63, 3.8) is 0 Å². The van der Waals surface area contributed by atoms with Gasteiger partial charge in [0.15, 0.2) is 16.9 Å². The maximum Gasteiger partial charge on any atom is 0.213 e. The number of nitrogens with zero attached hydrogens (tertiary/aromatic N) is 2. The lowest BCUT2D eigenvalue weighted by atomic mass is 9.74. The molecule has 32 heavy (non-hydrogen) atoms. The molecule has 6 rings (SSSR count). The number of halogens is 2. The predicted molar refractivity (Wildman–Crippen MR) is 125 cm³/mol. The molecule has 0 atom stereocenters. The maximum atomic E-state index is 6.39. The van der Waals surface area contributed by atoms with Crippen LogP contribution in [0.5, 0.6) is 11.5 Å². The van der Waals surface area contributed by atoms with Gasteiger partial charge in [0.2, 0.25) is 20.0 Å². The fourth-order valence-corrected chi connectivity index (χ4v) is 6.00. The van der Waals surface area contributed by atoms with Gasteiger partial charge in [-0.2, -0.15) is 10.2 Å². The fourth-order valence-electron chi connectivity index (χ4n) is 5.70. The molecule has 0 amide bonds. The van der Waals surface area contributed by atoms with E-state index in [1.54, 1.807) is 35.1 Å². The number of ether oxygens (including phenoxy) is 2. The molecule has 9 heteroatoms. The first-order valence-corrected chi connectivity index (χ1v) is 11.5. The normalized spacial score (nSPS) is 29.0. The van der Waals surface area contributed by atoms with E-state index in [0.29, 0.717) is 21.5 Å². The monoisotopic (exact) mass is 476 g/mol. The minimum atomic E-state index is -0.0269. The van der Waals surface area contributed by atoms with Crippen molar-refractivity contribution >= 4 is 35.1 Å². The molecule has 2 aromatic carbocycles. The third kappa shape index (κ3) is 4.00. The summed E-state index contributed by atoms with van der Waals surface area (Å²) in [5.74, 6) is 1.35. The largest absolute Gasteiger partial charge is 0.493 e. The number of methoxy groups -OCH3 is 2. The smallest absolute Gasteiger partial charge is 0.213 e. The van der Waals surface area contributed by atoms with E-state index in [1.807, 2.05) is 36.4 Å². The molecule has 0 aromatic heterocycles. The van der Waals surface area contributed by atoms with Gasteiger partial charge in [-0.15, -0.1) is 0 Å². The molecule has 0 aliphatic carbocycles. The van der Waals surface area contributed by atoms with Crippen LogP contribution in [0.3, 0.4) is 0 Å². The second kappa shape index (κ2) is 8.65. The molecule has 3 N–H and O–H groups in total. The number of nitrogens with one attached hydrogen (secondary N) is 3. The molecule has 0 saturated carbocycles. The summed E-state index contributed by atoms with van der Waals surface area (Å²) in [6.07, 6.45) is 1.76. The van der Waals surface area contributed by atoms with Gasteiger partial charge in [-0.3, -0.25) is 0 Å². The lowest BCUT2D eigenvalue weighted by molar-refractivity contribution is -1.30. The molecule has 4 heterocycles. The van der Waals surface area contributed by atoms with Gasteiger partial charge in [0, 0.05) is 5.56 Å². The van der Waals surface area contributed by atoms with E-state index in [2.05, 4.69) is 5.10 Å². The highest BCUT2D eigenvalue weighted by atomic mass is 35.5. The van der Waals surface area contributed by atoms with Gasteiger partial charge in [-0.25, -0.2) is 14.7 Å². The second-order valence-electron chi connectivity index (χ2n) is 9.03. The van der Waals surface area contributed by atoms with Crippen molar-refractivity contribution in [2.45, 2.75) is 0 Å². The van der Waals surface area contributed by atoms with Crippen molar-refractivity contribution < 1.29 is 24.2 Å².